The standard InChI is InChI=1S/C16H24N2O/c1-11-9-14(16(17)19)7-8-15(11)10-18-12(2)13-5-3-4-6-13/h7-9,12-13,18H,3-6,10H2,1-2H3,(H2,17,19)/t12-/m0/s1. The van der Waals surface area contributed by atoms with Crippen molar-refractivity contribution in [3.8, 4) is 0 Å². The van der Waals surface area contributed by atoms with E-state index in [1.165, 1.54) is 31.2 Å². The number of hydrogen-bond donors (Lipinski definition) is 2. The van der Waals surface area contributed by atoms with Crippen LogP contribution in [0.25, 0.3) is 0 Å². The molecule has 0 heterocycles. The molecule has 1 aromatic rings. The number of nitrogens with two attached hydrogens (primary N) is 1. The first kappa shape index (κ1) is 14.1. The second-order valence-electron chi connectivity index (χ2n) is 5.72. The number of nitrogens with one attached hydrogen (secondary N) is 1. The van der Waals surface area contributed by atoms with Crippen molar-refractivity contribution < 1.29 is 4.79 Å². The molecular weight excluding hydrogens is 236 g/mol. The van der Waals surface area contributed by atoms with Gasteiger partial charge in [0, 0.05) is 18.2 Å². The van der Waals surface area contributed by atoms with Crippen LogP contribution in [0.5, 0.6) is 0 Å². The summed E-state index contributed by atoms with van der Waals surface area (Å²) in [5, 5.41) is 3.61. The molecule has 1 amide bonds. The molecule has 3 nitrogen and oxygen atoms in total. The summed E-state index contributed by atoms with van der Waals surface area (Å²) in [6.45, 7) is 5.18. The molecule has 0 spiro atoms. The summed E-state index contributed by atoms with van der Waals surface area (Å²) in [5.74, 6) is 0.465. The highest BCUT2D eigenvalue weighted by Crippen LogP contribution is 2.27. The zero-order valence-corrected chi connectivity index (χ0v) is 11.9. The summed E-state index contributed by atoms with van der Waals surface area (Å²) < 4.78 is 0. The SMILES string of the molecule is Cc1cc(C(N)=O)ccc1CN[C@@H](C)C1CCCC1. The number of primary amides is 1. The highest BCUT2D eigenvalue weighted by Gasteiger charge is 2.20. The zero-order valence-electron chi connectivity index (χ0n) is 11.9. The maximum absolute atomic E-state index is 11.1. The van der Waals surface area contributed by atoms with Gasteiger partial charge in [-0.25, -0.2) is 0 Å². The first-order valence-electron chi connectivity index (χ1n) is 7.20. The van der Waals surface area contributed by atoms with Gasteiger partial charge in [0.1, 0.15) is 0 Å². The van der Waals surface area contributed by atoms with Gasteiger partial charge in [0.05, 0.1) is 0 Å². The van der Waals surface area contributed by atoms with E-state index in [-0.39, 0.29) is 5.91 Å². The number of rotatable bonds is 5. The lowest BCUT2D eigenvalue weighted by atomic mass is 9.99. The number of benzene rings is 1. The molecular formula is C16H24N2O. The highest BCUT2D eigenvalue weighted by molar-refractivity contribution is 5.93. The van der Waals surface area contributed by atoms with Gasteiger partial charge in [-0.2, -0.15) is 0 Å². The number of amides is 1. The molecule has 0 bridgehead atoms. The van der Waals surface area contributed by atoms with E-state index < -0.39 is 0 Å². The van der Waals surface area contributed by atoms with Gasteiger partial charge in [-0.05, 0) is 55.9 Å². The topological polar surface area (TPSA) is 55.1 Å². The van der Waals surface area contributed by atoms with Gasteiger partial charge in [-0.1, -0.05) is 18.9 Å². The lowest BCUT2D eigenvalue weighted by Gasteiger charge is -2.21. The van der Waals surface area contributed by atoms with Gasteiger partial charge in [-0.3, -0.25) is 4.79 Å². The third-order valence-electron chi connectivity index (χ3n) is 4.35. The Morgan fingerprint density at radius 3 is 2.68 bits per heavy atom. The Morgan fingerprint density at radius 2 is 2.11 bits per heavy atom. The molecule has 1 fully saturated rings. The summed E-state index contributed by atoms with van der Waals surface area (Å²) in [5.41, 5.74) is 8.24. The van der Waals surface area contributed by atoms with Crippen molar-refractivity contribution in [3.63, 3.8) is 0 Å². The predicted molar refractivity (Wildman–Crippen MR) is 78.0 cm³/mol. The van der Waals surface area contributed by atoms with Crippen LogP contribution in [0.4, 0.5) is 0 Å². The van der Waals surface area contributed by atoms with Crippen LogP contribution in [0.2, 0.25) is 0 Å². The van der Waals surface area contributed by atoms with E-state index in [9.17, 15) is 4.79 Å². The fourth-order valence-electron chi connectivity index (χ4n) is 2.94. The van der Waals surface area contributed by atoms with E-state index in [2.05, 4.69) is 12.2 Å². The zero-order chi connectivity index (χ0) is 13.8. The molecule has 1 aliphatic rings. The van der Waals surface area contributed by atoms with Crippen LogP contribution in [-0.4, -0.2) is 11.9 Å². The molecule has 0 aliphatic heterocycles. The molecule has 1 aliphatic carbocycles. The normalized spacial score (nSPS) is 17.6. The highest BCUT2D eigenvalue weighted by atomic mass is 16.1. The maximum Gasteiger partial charge on any atom is 0.248 e. The summed E-state index contributed by atoms with van der Waals surface area (Å²) in [7, 11) is 0. The van der Waals surface area contributed by atoms with Gasteiger partial charge < -0.3 is 11.1 Å². The van der Waals surface area contributed by atoms with Crippen molar-refractivity contribution in [3.05, 3.63) is 34.9 Å². The minimum absolute atomic E-state index is 0.359. The summed E-state index contributed by atoms with van der Waals surface area (Å²) >= 11 is 0. The lowest BCUT2D eigenvalue weighted by molar-refractivity contribution is 0.1000. The second-order valence-corrected chi connectivity index (χ2v) is 5.72. The van der Waals surface area contributed by atoms with Gasteiger partial charge in [0.2, 0.25) is 5.91 Å². The molecule has 1 aromatic carbocycles. The second kappa shape index (κ2) is 6.20. The van der Waals surface area contributed by atoms with E-state index in [4.69, 9.17) is 5.73 Å². The van der Waals surface area contributed by atoms with Crippen molar-refractivity contribution in [2.24, 2.45) is 11.7 Å². The van der Waals surface area contributed by atoms with Gasteiger partial charge >= 0.3 is 0 Å². The largest absolute Gasteiger partial charge is 0.366 e. The molecule has 0 unspecified atom stereocenters. The third-order valence-corrected chi connectivity index (χ3v) is 4.35. The number of carbonyl (C=O) groups excluding carboxylic acids is 1. The average molecular weight is 260 g/mol. The van der Waals surface area contributed by atoms with Crippen LogP contribution >= 0.6 is 0 Å². The van der Waals surface area contributed by atoms with E-state index in [0.29, 0.717) is 11.6 Å². The Balaban J connectivity index is 1.93. The Kier molecular flexibility index (Phi) is 4.59. The lowest BCUT2D eigenvalue weighted by Crippen LogP contribution is -2.32. The molecule has 1 saturated carbocycles. The minimum atomic E-state index is -0.359. The Labute approximate surface area is 115 Å². The summed E-state index contributed by atoms with van der Waals surface area (Å²) in [6, 6.07) is 6.26. The molecule has 3 N–H and O–H groups in total. The van der Waals surface area contributed by atoms with Gasteiger partial charge in [-0.15, -0.1) is 0 Å². The van der Waals surface area contributed by atoms with Crippen LogP contribution in [0.3, 0.4) is 0 Å². The molecule has 0 saturated heterocycles. The van der Waals surface area contributed by atoms with Gasteiger partial charge in [0.25, 0.3) is 0 Å². The Bertz CT molecular complexity index is 450. The molecule has 3 heteroatoms. The summed E-state index contributed by atoms with van der Waals surface area (Å²) in [6.07, 6.45) is 5.47. The van der Waals surface area contributed by atoms with Crippen molar-refractivity contribution in [1.82, 2.24) is 5.32 Å². The fraction of sp³-hybridized carbons (Fsp3) is 0.562. The molecule has 104 valence electrons. The van der Waals surface area contributed by atoms with Crippen molar-refractivity contribution in [2.75, 3.05) is 0 Å². The van der Waals surface area contributed by atoms with Crippen molar-refractivity contribution in [2.45, 2.75) is 52.1 Å². The first-order valence-corrected chi connectivity index (χ1v) is 7.20. The fourth-order valence-corrected chi connectivity index (χ4v) is 2.94. The quantitative estimate of drug-likeness (QED) is 0.855. The maximum atomic E-state index is 11.1. The van der Waals surface area contributed by atoms with Crippen molar-refractivity contribution >= 4 is 5.91 Å². The average Bonchev–Trinajstić information content (AvgIpc) is 2.90. The van der Waals surface area contributed by atoms with Crippen LogP contribution in [0.1, 0.15) is 54.1 Å². The molecule has 2 rings (SSSR count). The first-order chi connectivity index (χ1) is 9.08. The predicted octanol–water partition coefficient (Wildman–Crippen LogP) is 2.76. The molecule has 1 atom stereocenters. The van der Waals surface area contributed by atoms with E-state index in [0.717, 1.165) is 18.0 Å². The molecule has 19 heavy (non-hydrogen) atoms. The van der Waals surface area contributed by atoms with Crippen LogP contribution in [0, 0.1) is 12.8 Å². The van der Waals surface area contributed by atoms with Crippen LogP contribution < -0.4 is 11.1 Å². The number of carbonyl (C=O) groups is 1. The third kappa shape index (κ3) is 3.57. The van der Waals surface area contributed by atoms with Gasteiger partial charge in [0.15, 0.2) is 0 Å². The summed E-state index contributed by atoms with van der Waals surface area (Å²) in [4.78, 5) is 11.1. The van der Waals surface area contributed by atoms with E-state index >= 15 is 0 Å². The molecule has 0 radical (unpaired) electrons. The smallest absolute Gasteiger partial charge is 0.248 e. The Morgan fingerprint density at radius 1 is 1.42 bits per heavy atom. The minimum Gasteiger partial charge on any atom is -0.366 e. The number of aryl methyl sites for hydroxylation is 1. The van der Waals surface area contributed by atoms with Crippen LogP contribution in [-0.2, 0) is 6.54 Å². The monoisotopic (exact) mass is 260 g/mol. The van der Waals surface area contributed by atoms with Crippen LogP contribution in [0.15, 0.2) is 18.2 Å². The Hall–Kier alpha value is -1.35. The van der Waals surface area contributed by atoms with Crippen molar-refractivity contribution in [1.29, 1.82) is 0 Å². The van der Waals surface area contributed by atoms with E-state index in [1.54, 1.807) is 0 Å². The van der Waals surface area contributed by atoms with E-state index in [1.807, 2.05) is 25.1 Å². The number of hydrogen-bond acceptors (Lipinski definition) is 2. The molecule has 0 aromatic heterocycles.